The van der Waals surface area contributed by atoms with E-state index in [1.807, 2.05) is 0 Å². The van der Waals surface area contributed by atoms with Crippen molar-refractivity contribution in [2.45, 2.75) is 10.6 Å². The number of hydrogen-bond donors (Lipinski definition) is 0. The van der Waals surface area contributed by atoms with Gasteiger partial charge in [-0.3, -0.25) is 8.39 Å². The minimum Gasteiger partial charge on any atom is -0.772 e. The third-order valence-corrected chi connectivity index (χ3v) is 3.57. The molecule has 1 unspecified atom stereocenters. The first kappa shape index (κ1) is 12.3. The van der Waals surface area contributed by atoms with Crippen molar-refractivity contribution in [3.63, 3.8) is 0 Å². The van der Waals surface area contributed by atoms with Crippen LogP contribution in [-0.4, -0.2) is 24.3 Å². The Morgan fingerprint density at radius 3 is 2.27 bits per heavy atom. The summed E-state index contributed by atoms with van der Waals surface area (Å²) in [6.45, 7) is 0. The van der Waals surface area contributed by atoms with Crippen LogP contribution in [0.4, 0.5) is 0 Å². The molecular formula is C8H9O5S2-. The zero-order valence-corrected chi connectivity index (χ0v) is 9.51. The molecule has 0 heterocycles. The first-order valence-corrected chi connectivity index (χ1v) is 6.56. The number of rotatable bonds is 4. The van der Waals surface area contributed by atoms with Crippen molar-refractivity contribution in [2.24, 2.45) is 0 Å². The highest BCUT2D eigenvalue weighted by molar-refractivity contribution is 7.86. The van der Waals surface area contributed by atoms with Crippen LogP contribution in [0.2, 0.25) is 0 Å². The van der Waals surface area contributed by atoms with Crippen LogP contribution in [0, 0.1) is 0 Å². The summed E-state index contributed by atoms with van der Waals surface area (Å²) in [7, 11) is -2.63. The number of hydrogen-bond acceptors (Lipinski definition) is 5. The predicted octanol–water partition coefficient (Wildman–Crippen LogP) is 0.401. The summed E-state index contributed by atoms with van der Waals surface area (Å²) in [5.74, 6) is -0.132. The van der Waals surface area contributed by atoms with Crippen molar-refractivity contribution in [1.82, 2.24) is 0 Å². The largest absolute Gasteiger partial charge is 0.772 e. The Morgan fingerprint density at radius 1 is 1.33 bits per heavy atom. The normalized spacial score (nSPS) is 13.7. The van der Waals surface area contributed by atoms with Gasteiger partial charge in [-0.1, -0.05) is 23.2 Å². The van der Waals surface area contributed by atoms with Crippen molar-refractivity contribution in [3.05, 3.63) is 29.8 Å². The van der Waals surface area contributed by atoms with E-state index in [0.29, 0.717) is 5.56 Å². The Kier molecular flexibility index (Phi) is 3.97. The molecule has 0 saturated heterocycles. The van der Waals surface area contributed by atoms with Gasteiger partial charge in [0.25, 0.3) is 10.1 Å². The molecule has 0 aliphatic carbocycles. The Hall–Kier alpha value is -0.760. The molecule has 84 valence electrons. The Bertz CT molecular complexity index is 448. The first-order valence-electron chi connectivity index (χ1n) is 3.91. The summed E-state index contributed by atoms with van der Waals surface area (Å²) in [6, 6.07) is 5.48. The van der Waals surface area contributed by atoms with Gasteiger partial charge in [0.05, 0.1) is 12.0 Å². The molecule has 7 heteroatoms. The lowest BCUT2D eigenvalue weighted by atomic mass is 10.2. The van der Waals surface area contributed by atoms with E-state index in [1.165, 1.54) is 24.3 Å². The molecule has 0 aromatic heterocycles. The minimum atomic E-state index is -3.70. The highest BCUT2D eigenvalue weighted by Gasteiger charge is 2.11. The Labute approximate surface area is 90.5 Å². The van der Waals surface area contributed by atoms with E-state index in [2.05, 4.69) is 4.18 Å². The lowest BCUT2D eigenvalue weighted by Crippen LogP contribution is -2.03. The summed E-state index contributed by atoms with van der Waals surface area (Å²) in [5, 5.41) is 0. The molecule has 1 aromatic carbocycles. The van der Waals surface area contributed by atoms with E-state index in [-0.39, 0.29) is 10.6 Å². The molecule has 1 atom stereocenters. The van der Waals surface area contributed by atoms with Crippen LogP contribution in [0.3, 0.4) is 0 Å². The van der Waals surface area contributed by atoms with Gasteiger partial charge in [-0.15, -0.1) is 0 Å². The molecule has 0 bridgehead atoms. The van der Waals surface area contributed by atoms with Crippen LogP contribution in [0.1, 0.15) is 5.56 Å². The van der Waals surface area contributed by atoms with E-state index in [9.17, 15) is 17.2 Å². The van der Waals surface area contributed by atoms with E-state index in [1.54, 1.807) is 0 Å². The minimum absolute atomic E-state index is 0.00503. The zero-order chi connectivity index (χ0) is 11.5. The topological polar surface area (TPSA) is 83.5 Å². The highest BCUT2D eigenvalue weighted by Crippen LogP contribution is 2.13. The van der Waals surface area contributed by atoms with Crippen LogP contribution in [0.15, 0.2) is 29.2 Å². The van der Waals surface area contributed by atoms with Gasteiger partial charge in [-0.05, 0) is 17.7 Å². The molecule has 0 amide bonds. The second-order valence-electron chi connectivity index (χ2n) is 2.71. The molecule has 0 aliphatic heterocycles. The quantitative estimate of drug-likeness (QED) is 0.569. The molecule has 5 nitrogen and oxygen atoms in total. The molecule has 0 saturated carbocycles. The average Bonchev–Trinajstić information content (AvgIpc) is 2.18. The summed E-state index contributed by atoms with van der Waals surface area (Å²) in [5.41, 5.74) is 0.526. The van der Waals surface area contributed by atoms with Gasteiger partial charge in [0.1, 0.15) is 0 Å². The van der Waals surface area contributed by atoms with Gasteiger partial charge < -0.3 is 4.55 Å². The summed E-state index contributed by atoms with van der Waals surface area (Å²) in [4.78, 5) is 0.00503. The molecular weight excluding hydrogens is 240 g/mol. The fourth-order valence-electron chi connectivity index (χ4n) is 0.985. The molecule has 15 heavy (non-hydrogen) atoms. The monoisotopic (exact) mass is 249 g/mol. The lowest BCUT2D eigenvalue weighted by molar-refractivity contribution is 0.398. The number of benzene rings is 1. The van der Waals surface area contributed by atoms with Crippen LogP contribution < -0.4 is 0 Å². The molecule has 0 fully saturated rings. The van der Waals surface area contributed by atoms with E-state index >= 15 is 0 Å². The van der Waals surface area contributed by atoms with Crippen molar-refractivity contribution >= 4 is 21.2 Å². The van der Waals surface area contributed by atoms with E-state index < -0.39 is 21.2 Å². The van der Waals surface area contributed by atoms with Gasteiger partial charge in [0, 0.05) is 5.75 Å². The molecule has 1 aromatic rings. The van der Waals surface area contributed by atoms with E-state index in [4.69, 9.17) is 0 Å². The van der Waals surface area contributed by atoms with Crippen LogP contribution in [0.5, 0.6) is 0 Å². The molecule has 1 rings (SSSR count). The maximum atomic E-state index is 11.2. The van der Waals surface area contributed by atoms with Crippen LogP contribution in [0.25, 0.3) is 0 Å². The van der Waals surface area contributed by atoms with Crippen LogP contribution >= 0.6 is 0 Å². The Balaban J connectivity index is 2.95. The summed E-state index contributed by atoms with van der Waals surface area (Å²) in [6.07, 6.45) is 0. The molecule has 0 spiro atoms. The second-order valence-corrected chi connectivity index (χ2v) is 5.32. The first-order chi connectivity index (χ1) is 6.95. The van der Waals surface area contributed by atoms with Crippen molar-refractivity contribution in [3.8, 4) is 0 Å². The van der Waals surface area contributed by atoms with Gasteiger partial charge in [-0.25, -0.2) is 0 Å². The second kappa shape index (κ2) is 4.84. The summed E-state index contributed by atoms with van der Waals surface area (Å²) < 4.78 is 47.4. The van der Waals surface area contributed by atoms with Crippen molar-refractivity contribution < 1.29 is 21.4 Å². The van der Waals surface area contributed by atoms with Gasteiger partial charge in [-0.2, -0.15) is 8.42 Å². The standard InChI is InChI=1S/C8H10O5S2/c1-13-15(11,12)8-4-2-7(3-5-8)6-14(9)10/h2-5H,6H2,1H3,(H,9,10)/p-1. The maximum Gasteiger partial charge on any atom is 0.296 e. The smallest absolute Gasteiger partial charge is 0.296 e. The summed E-state index contributed by atoms with van der Waals surface area (Å²) >= 11 is -2.18. The lowest BCUT2D eigenvalue weighted by Gasteiger charge is -2.06. The van der Waals surface area contributed by atoms with Gasteiger partial charge >= 0.3 is 0 Å². The SMILES string of the molecule is COS(=O)(=O)c1ccc(CS(=O)[O-])cc1. The van der Waals surface area contributed by atoms with Crippen molar-refractivity contribution in [2.75, 3.05) is 7.11 Å². The molecule has 0 radical (unpaired) electrons. The van der Waals surface area contributed by atoms with Crippen LogP contribution in [-0.2, 0) is 31.1 Å². The highest BCUT2D eigenvalue weighted by atomic mass is 32.2. The molecule has 0 aliphatic rings. The zero-order valence-electron chi connectivity index (χ0n) is 7.87. The van der Waals surface area contributed by atoms with Gasteiger partial charge in [0.15, 0.2) is 0 Å². The maximum absolute atomic E-state index is 11.2. The fraction of sp³-hybridized carbons (Fsp3) is 0.250. The average molecular weight is 249 g/mol. The Morgan fingerprint density at radius 2 is 1.87 bits per heavy atom. The van der Waals surface area contributed by atoms with E-state index in [0.717, 1.165) is 7.11 Å². The molecule has 0 N–H and O–H groups in total. The van der Waals surface area contributed by atoms with Crippen molar-refractivity contribution in [1.29, 1.82) is 0 Å². The fourth-order valence-corrected chi connectivity index (χ4v) is 2.11. The van der Waals surface area contributed by atoms with Gasteiger partial charge in [0.2, 0.25) is 0 Å². The third-order valence-electron chi connectivity index (χ3n) is 1.72. The third kappa shape index (κ3) is 3.38. The predicted molar refractivity (Wildman–Crippen MR) is 53.3 cm³/mol.